The third kappa shape index (κ3) is 2.62. The molecule has 1 heterocycles. The normalized spacial score (nSPS) is 21.1. The van der Waals surface area contributed by atoms with Crippen molar-refractivity contribution in [1.82, 2.24) is 4.90 Å². The quantitative estimate of drug-likeness (QED) is 0.223. The summed E-state index contributed by atoms with van der Waals surface area (Å²) < 4.78 is 0. The highest BCUT2D eigenvalue weighted by molar-refractivity contribution is 6.47. The number of aliphatic hydroxyl groups is 1. The number of rotatable bonds is 3. The molecule has 1 atom stereocenters. The summed E-state index contributed by atoms with van der Waals surface area (Å²) in [5, 5.41) is 31.2. The number of ketones is 1. The number of aliphatic hydroxyl groups excluding tert-OH is 1. The fourth-order valence-corrected chi connectivity index (χ4v) is 3.18. The first-order chi connectivity index (χ1) is 12.8. The zero-order valence-electron chi connectivity index (χ0n) is 14.1. The molecule has 0 aromatic heterocycles. The second kappa shape index (κ2) is 6.38. The Morgan fingerprint density at radius 2 is 1.85 bits per heavy atom. The van der Waals surface area contributed by atoms with Gasteiger partial charge in [0.25, 0.3) is 11.5 Å². The van der Waals surface area contributed by atoms with Crippen molar-refractivity contribution in [3.63, 3.8) is 0 Å². The molecule has 0 spiro atoms. The van der Waals surface area contributed by atoms with Gasteiger partial charge in [-0.3, -0.25) is 19.7 Å². The van der Waals surface area contributed by atoms with E-state index >= 15 is 0 Å². The molecule has 1 N–H and O–H groups in total. The predicted molar refractivity (Wildman–Crippen MR) is 93.9 cm³/mol. The Labute approximate surface area is 153 Å². The average molecular weight is 363 g/mol. The fraction of sp³-hybridized carbons (Fsp3) is 0.105. The zero-order chi connectivity index (χ0) is 19.8. The van der Waals surface area contributed by atoms with Crippen molar-refractivity contribution in [3.8, 4) is 6.19 Å². The van der Waals surface area contributed by atoms with Gasteiger partial charge in [-0.15, -0.1) is 0 Å². The molecule has 1 amide bonds. The molecular weight excluding hydrogens is 350 g/mol. The van der Waals surface area contributed by atoms with Crippen LogP contribution in [0.3, 0.4) is 0 Å². The molecule has 1 saturated heterocycles. The standard InChI is InChI=1S/C19H13N3O5/c1-19(13-7-3-2-4-8-13)15(17(24)18(25)21(19)11-20)16(23)12-6-5-9-14(10-12)22(26)27/h2-10,23H,1H3/b16-15-. The molecule has 134 valence electrons. The first-order valence-corrected chi connectivity index (χ1v) is 7.85. The van der Waals surface area contributed by atoms with Crippen LogP contribution in [0.25, 0.3) is 5.76 Å². The van der Waals surface area contributed by atoms with Crippen molar-refractivity contribution in [2.24, 2.45) is 0 Å². The topological polar surface area (TPSA) is 125 Å². The van der Waals surface area contributed by atoms with Crippen LogP contribution in [0.4, 0.5) is 5.69 Å². The van der Waals surface area contributed by atoms with E-state index in [1.807, 2.05) is 0 Å². The van der Waals surface area contributed by atoms with Crippen LogP contribution in [0.1, 0.15) is 18.1 Å². The third-order valence-corrected chi connectivity index (χ3v) is 4.56. The molecule has 8 nitrogen and oxygen atoms in total. The second-order valence-corrected chi connectivity index (χ2v) is 6.04. The summed E-state index contributed by atoms with van der Waals surface area (Å²) in [6.07, 6.45) is 1.71. The van der Waals surface area contributed by atoms with Crippen LogP contribution >= 0.6 is 0 Å². The number of nitro benzene ring substituents is 1. The summed E-state index contributed by atoms with van der Waals surface area (Å²) in [4.78, 5) is 36.0. The molecule has 1 fully saturated rings. The second-order valence-electron chi connectivity index (χ2n) is 6.04. The van der Waals surface area contributed by atoms with Gasteiger partial charge in [0.05, 0.1) is 10.5 Å². The van der Waals surface area contributed by atoms with Gasteiger partial charge in [0.1, 0.15) is 11.3 Å². The molecule has 8 heteroatoms. The summed E-state index contributed by atoms with van der Waals surface area (Å²) in [7, 11) is 0. The van der Waals surface area contributed by atoms with Crippen LogP contribution in [-0.2, 0) is 15.1 Å². The van der Waals surface area contributed by atoms with Gasteiger partial charge in [-0.25, -0.2) is 4.90 Å². The van der Waals surface area contributed by atoms with E-state index in [-0.39, 0.29) is 16.8 Å². The summed E-state index contributed by atoms with van der Waals surface area (Å²) in [6, 6.07) is 13.4. The molecule has 0 saturated carbocycles. The average Bonchev–Trinajstić information content (AvgIpc) is 2.88. The number of nitriles is 1. The summed E-state index contributed by atoms with van der Waals surface area (Å²) in [5.74, 6) is -2.69. The van der Waals surface area contributed by atoms with Crippen LogP contribution in [0.5, 0.6) is 0 Å². The highest BCUT2D eigenvalue weighted by Gasteiger charge is 2.55. The maximum absolute atomic E-state index is 12.6. The molecule has 0 aliphatic carbocycles. The molecule has 3 rings (SSSR count). The Morgan fingerprint density at radius 3 is 2.44 bits per heavy atom. The minimum Gasteiger partial charge on any atom is -0.507 e. The number of amides is 1. The van der Waals surface area contributed by atoms with Gasteiger partial charge < -0.3 is 5.11 Å². The van der Waals surface area contributed by atoms with E-state index in [2.05, 4.69) is 0 Å². The Kier molecular flexibility index (Phi) is 4.21. The van der Waals surface area contributed by atoms with E-state index < -0.39 is 27.9 Å². The SMILES string of the molecule is CC1(c2ccccc2)/C(=C(\O)c2cccc([N+](=O)[O-])c2)C(=O)C(=O)N1C#N. The summed E-state index contributed by atoms with van der Waals surface area (Å²) in [6.45, 7) is 1.47. The number of carbonyl (C=O) groups excluding carboxylic acids is 2. The zero-order valence-corrected chi connectivity index (χ0v) is 14.1. The van der Waals surface area contributed by atoms with Gasteiger partial charge in [-0.2, -0.15) is 5.26 Å². The summed E-state index contributed by atoms with van der Waals surface area (Å²) >= 11 is 0. The smallest absolute Gasteiger partial charge is 0.309 e. The van der Waals surface area contributed by atoms with Gasteiger partial charge in [0.15, 0.2) is 6.19 Å². The van der Waals surface area contributed by atoms with E-state index in [9.17, 15) is 30.1 Å². The lowest BCUT2D eigenvalue weighted by molar-refractivity contribution is -0.384. The number of carbonyl (C=O) groups is 2. The Balaban J connectivity index is 2.31. The van der Waals surface area contributed by atoms with Crippen LogP contribution in [0, 0.1) is 21.6 Å². The molecule has 1 unspecified atom stereocenters. The van der Waals surface area contributed by atoms with Crippen LogP contribution < -0.4 is 0 Å². The number of nitro groups is 1. The first-order valence-electron chi connectivity index (χ1n) is 7.85. The van der Waals surface area contributed by atoms with E-state index in [1.54, 1.807) is 36.5 Å². The van der Waals surface area contributed by atoms with Gasteiger partial charge in [-0.05, 0) is 12.5 Å². The molecule has 0 radical (unpaired) electrons. The van der Waals surface area contributed by atoms with Crippen molar-refractivity contribution in [1.29, 1.82) is 5.26 Å². The number of hydrogen-bond acceptors (Lipinski definition) is 6. The monoisotopic (exact) mass is 363 g/mol. The highest BCUT2D eigenvalue weighted by atomic mass is 16.6. The number of Topliss-reactive ketones (excluding diaryl/α,β-unsaturated/α-hetero) is 1. The first kappa shape index (κ1) is 17.8. The van der Waals surface area contributed by atoms with Gasteiger partial charge in [0.2, 0.25) is 0 Å². The Morgan fingerprint density at radius 1 is 1.19 bits per heavy atom. The fourth-order valence-electron chi connectivity index (χ4n) is 3.18. The van der Waals surface area contributed by atoms with Crippen molar-refractivity contribution < 1.29 is 19.6 Å². The minimum atomic E-state index is -1.54. The van der Waals surface area contributed by atoms with Crippen molar-refractivity contribution in [3.05, 3.63) is 81.4 Å². The Hall–Kier alpha value is -3.99. The lowest BCUT2D eigenvalue weighted by Gasteiger charge is -2.30. The molecule has 2 aromatic carbocycles. The van der Waals surface area contributed by atoms with Crippen LogP contribution in [0.15, 0.2) is 60.2 Å². The molecule has 1 aliphatic heterocycles. The third-order valence-electron chi connectivity index (χ3n) is 4.56. The molecular formula is C19H13N3O5. The van der Waals surface area contributed by atoms with E-state index in [4.69, 9.17) is 0 Å². The molecule has 27 heavy (non-hydrogen) atoms. The lowest BCUT2D eigenvalue weighted by atomic mass is 9.83. The van der Waals surface area contributed by atoms with Crippen molar-refractivity contribution in [2.45, 2.75) is 12.5 Å². The van der Waals surface area contributed by atoms with Gasteiger partial charge >= 0.3 is 5.91 Å². The summed E-state index contributed by atoms with van der Waals surface area (Å²) in [5.41, 5.74) is -1.69. The van der Waals surface area contributed by atoms with Crippen molar-refractivity contribution in [2.75, 3.05) is 0 Å². The van der Waals surface area contributed by atoms with Crippen molar-refractivity contribution >= 4 is 23.1 Å². The highest BCUT2D eigenvalue weighted by Crippen LogP contribution is 2.44. The van der Waals surface area contributed by atoms with E-state index in [1.165, 1.54) is 25.1 Å². The lowest BCUT2D eigenvalue weighted by Crippen LogP contribution is -2.38. The molecule has 2 aromatic rings. The largest absolute Gasteiger partial charge is 0.507 e. The van der Waals surface area contributed by atoms with Crippen LogP contribution in [-0.4, -0.2) is 26.6 Å². The number of nitrogens with zero attached hydrogens (tertiary/aromatic N) is 3. The number of likely N-dealkylation sites (tertiary alicyclic amines) is 1. The number of hydrogen-bond donors (Lipinski definition) is 1. The van der Waals surface area contributed by atoms with E-state index in [0.29, 0.717) is 10.5 Å². The van der Waals surface area contributed by atoms with E-state index in [0.717, 1.165) is 6.07 Å². The maximum Gasteiger partial charge on any atom is 0.309 e. The number of non-ortho nitro benzene ring substituents is 1. The maximum atomic E-state index is 12.6. The van der Waals surface area contributed by atoms with Gasteiger partial charge in [0, 0.05) is 17.7 Å². The number of benzene rings is 2. The minimum absolute atomic E-state index is 0.00213. The molecule has 0 bridgehead atoms. The predicted octanol–water partition coefficient (Wildman–Crippen LogP) is 2.67. The van der Waals surface area contributed by atoms with Gasteiger partial charge in [-0.1, -0.05) is 42.5 Å². The molecule has 1 aliphatic rings. The van der Waals surface area contributed by atoms with Crippen LogP contribution in [0.2, 0.25) is 0 Å². The Bertz CT molecular complexity index is 1040.